The number of nitrogens with one attached hydrogen (secondary N) is 1. The van der Waals surface area contributed by atoms with Gasteiger partial charge in [-0.15, -0.1) is 0 Å². The molecule has 1 N–H and O–H groups in total. The summed E-state index contributed by atoms with van der Waals surface area (Å²) in [4.78, 5) is 39.8. The zero-order valence-electron chi connectivity index (χ0n) is 18.9. The van der Waals surface area contributed by atoms with Crippen molar-refractivity contribution >= 4 is 35.0 Å². The summed E-state index contributed by atoms with van der Waals surface area (Å²) >= 11 is 1.33. The molecule has 9 nitrogen and oxygen atoms in total. The first-order valence-corrected chi connectivity index (χ1v) is 11.8. The first-order valence-electron chi connectivity index (χ1n) is 10.9. The Bertz CT molecular complexity index is 1250. The van der Waals surface area contributed by atoms with Gasteiger partial charge in [0.25, 0.3) is 11.6 Å². The first-order chi connectivity index (χ1) is 16.9. The van der Waals surface area contributed by atoms with Gasteiger partial charge in [-0.2, -0.15) is 0 Å². The molecule has 180 valence electrons. The summed E-state index contributed by atoms with van der Waals surface area (Å²) < 4.78 is 11.0. The van der Waals surface area contributed by atoms with Crippen molar-refractivity contribution in [2.24, 2.45) is 0 Å². The minimum Gasteiger partial charge on any atom is -0.486 e. The number of nitro benzene ring substituents is 1. The molecule has 0 radical (unpaired) electrons. The van der Waals surface area contributed by atoms with Gasteiger partial charge in [0, 0.05) is 40.2 Å². The van der Waals surface area contributed by atoms with Crippen LogP contribution in [0.15, 0.2) is 76.5 Å². The van der Waals surface area contributed by atoms with Crippen molar-refractivity contribution in [3.63, 3.8) is 0 Å². The van der Waals surface area contributed by atoms with E-state index < -0.39 is 16.7 Å². The van der Waals surface area contributed by atoms with Crippen LogP contribution >= 0.6 is 11.8 Å². The van der Waals surface area contributed by atoms with Crippen LogP contribution in [0.4, 0.5) is 11.4 Å². The highest BCUT2D eigenvalue weighted by atomic mass is 32.2. The maximum absolute atomic E-state index is 13.4. The smallest absolute Gasteiger partial charge is 0.270 e. The van der Waals surface area contributed by atoms with E-state index in [9.17, 15) is 19.7 Å². The number of rotatable bonds is 8. The van der Waals surface area contributed by atoms with Gasteiger partial charge in [0.05, 0.1) is 10.5 Å². The SMILES string of the molecule is CCN(CC(=O)Nc1ccc2c(c1)OCCO2)C(=O)c1cc([N+](=O)[O-])ccc1Sc1ccccc1. The molecule has 1 aliphatic heterocycles. The lowest BCUT2D eigenvalue weighted by molar-refractivity contribution is -0.384. The van der Waals surface area contributed by atoms with E-state index in [0.29, 0.717) is 35.3 Å². The molecule has 1 aliphatic rings. The summed E-state index contributed by atoms with van der Waals surface area (Å²) in [7, 11) is 0. The molecule has 0 fully saturated rings. The summed E-state index contributed by atoms with van der Waals surface area (Å²) in [6, 6.07) is 18.7. The predicted molar refractivity (Wildman–Crippen MR) is 131 cm³/mol. The highest BCUT2D eigenvalue weighted by Crippen LogP contribution is 2.34. The monoisotopic (exact) mass is 493 g/mol. The molecule has 3 aromatic rings. The molecular formula is C25H23N3O6S. The summed E-state index contributed by atoms with van der Waals surface area (Å²) in [6.45, 7) is 2.66. The molecular weight excluding hydrogens is 470 g/mol. The number of anilines is 1. The standard InChI is InChI=1S/C25H23N3O6S/c1-2-27(16-24(29)26-17-8-10-21-22(14-17)34-13-12-33-21)25(30)20-15-18(28(31)32)9-11-23(20)35-19-6-4-3-5-7-19/h3-11,14-15H,2,12-13,16H2,1H3,(H,26,29). The van der Waals surface area contributed by atoms with Gasteiger partial charge in [-0.3, -0.25) is 19.7 Å². The van der Waals surface area contributed by atoms with E-state index in [2.05, 4.69) is 5.32 Å². The number of fused-ring (bicyclic) bond motifs is 1. The average molecular weight is 494 g/mol. The fourth-order valence-electron chi connectivity index (χ4n) is 3.50. The maximum atomic E-state index is 13.4. The summed E-state index contributed by atoms with van der Waals surface area (Å²) in [5, 5.41) is 14.1. The molecule has 3 aromatic carbocycles. The normalized spacial score (nSPS) is 12.0. The third kappa shape index (κ3) is 5.90. The number of amides is 2. The van der Waals surface area contributed by atoms with E-state index in [1.165, 1.54) is 28.8 Å². The van der Waals surface area contributed by atoms with Crippen molar-refractivity contribution in [3.8, 4) is 11.5 Å². The molecule has 2 amide bonds. The quantitative estimate of drug-likeness (QED) is 0.360. The van der Waals surface area contributed by atoms with Crippen LogP contribution in [0.25, 0.3) is 0 Å². The first kappa shape index (κ1) is 24.1. The van der Waals surface area contributed by atoms with E-state index in [1.54, 1.807) is 31.2 Å². The zero-order valence-corrected chi connectivity index (χ0v) is 19.7. The molecule has 0 unspecified atom stereocenters. The Morgan fingerprint density at radius 3 is 2.49 bits per heavy atom. The Kier molecular flexibility index (Phi) is 7.51. The largest absolute Gasteiger partial charge is 0.486 e. The van der Waals surface area contributed by atoms with Crippen molar-refractivity contribution in [1.29, 1.82) is 0 Å². The summed E-state index contributed by atoms with van der Waals surface area (Å²) in [5.41, 5.74) is 0.489. The molecule has 0 spiro atoms. The van der Waals surface area contributed by atoms with Gasteiger partial charge in [-0.25, -0.2) is 0 Å². The van der Waals surface area contributed by atoms with Crippen LogP contribution in [0.5, 0.6) is 11.5 Å². The van der Waals surface area contributed by atoms with Crippen molar-refractivity contribution < 1.29 is 24.0 Å². The highest BCUT2D eigenvalue weighted by Gasteiger charge is 2.24. The number of benzene rings is 3. The van der Waals surface area contributed by atoms with Gasteiger partial charge in [-0.05, 0) is 37.3 Å². The van der Waals surface area contributed by atoms with Gasteiger partial charge in [-0.1, -0.05) is 30.0 Å². The second-order valence-corrected chi connectivity index (χ2v) is 8.69. The van der Waals surface area contributed by atoms with Crippen molar-refractivity contribution in [3.05, 3.63) is 82.4 Å². The number of hydrogen-bond acceptors (Lipinski definition) is 7. The minimum atomic E-state index is -0.543. The Labute approximate surface area is 206 Å². The van der Waals surface area contributed by atoms with Gasteiger partial charge < -0.3 is 19.7 Å². The Hall–Kier alpha value is -4.05. The van der Waals surface area contributed by atoms with E-state index >= 15 is 0 Å². The summed E-state index contributed by atoms with van der Waals surface area (Å²) in [5.74, 6) is 0.275. The molecule has 10 heteroatoms. The lowest BCUT2D eigenvalue weighted by Gasteiger charge is -2.22. The van der Waals surface area contributed by atoms with Gasteiger partial charge in [0.1, 0.15) is 19.8 Å². The van der Waals surface area contributed by atoms with Crippen LogP contribution in [-0.2, 0) is 4.79 Å². The van der Waals surface area contributed by atoms with Crippen molar-refractivity contribution in [2.45, 2.75) is 16.7 Å². The molecule has 35 heavy (non-hydrogen) atoms. The maximum Gasteiger partial charge on any atom is 0.270 e. The molecule has 0 bridgehead atoms. The van der Waals surface area contributed by atoms with E-state index in [4.69, 9.17) is 9.47 Å². The van der Waals surface area contributed by atoms with Crippen LogP contribution in [0.1, 0.15) is 17.3 Å². The predicted octanol–water partition coefficient (Wildman–Crippen LogP) is 4.62. The Morgan fingerprint density at radius 2 is 1.77 bits per heavy atom. The van der Waals surface area contributed by atoms with E-state index in [0.717, 1.165) is 4.90 Å². The lowest BCUT2D eigenvalue weighted by atomic mass is 10.1. The van der Waals surface area contributed by atoms with Crippen LogP contribution in [0, 0.1) is 10.1 Å². The second kappa shape index (κ2) is 10.9. The van der Waals surface area contributed by atoms with Crippen LogP contribution < -0.4 is 14.8 Å². The number of carbonyl (C=O) groups is 2. The summed E-state index contributed by atoms with van der Waals surface area (Å²) in [6.07, 6.45) is 0. The number of ether oxygens (including phenoxy) is 2. The topological polar surface area (TPSA) is 111 Å². The van der Waals surface area contributed by atoms with Gasteiger partial charge in [0.2, 0.25) is 5.91 Å². The average Bonchev–Trinajstić information content (AvgIpc) is 2.87. The number of hydrogen-bond donors (Lipinski definition) is 1. The van der Waals surface area contributed by atoms with Gasteiger partial charge in [0.15, 0.2) is 11.5 Å². The third-order valence-electron chi connectivity index (χ3n) is 5.20. The van der Waals surface area contributed by atoms with Crippen molar-refractivity contribution in [2.75, 3.05) is 31.6 Å². The van der Waals surface area contributed by atoms with Crippen LogP contribution in [0.3, 0.4) is 0 Å². The van der Waals surface area contributed by atoms with Crippen LogP contribution in [-0.4, -0.2) is 47.9 Å². The molecule has 1 heterocycles. The highest BCUT2D eigenvalue weighted by molar-refractivity contribution is 7.99. The van der Waals surface area contributed by atoms with E-state index in [-0.39, 0.29) is 24.3 Å². The number of likely N-dealkylation sites (N-methyl/N-ethyl adjacent to an activating group) is 1. The minimum absolute atomic E-state index is 0.169. The Morgan fingerprint density at radius 1 is 1.03 bits per heavy atom. The van der Waals surface area contributed by atoms with E-state index in [1.807, 2.05) is 30.3 Å². The molecule has 0 atom stereocenters. The number of nitrogens with zero attached hydrogens (tertiary/aromatic N) is 2. The molecule has 0 saturated carbocycles. The molecule has 0 aromatic heterocycles. The van der Waals surface area contributed by atoms with Crippen molar-refractivity contribution in [1.82, 2.24) is 4.90 Å². The zero-order chi connectivity index (χ0) is 24.8. The number of nitro groups is 1. The van der Waals surface area contributed by atoms with Crippen LogP contribution in [0.2, 0.25) is 0 Å². The molecule has 0 saturated heterocycles. The fourth-order valence-corrected chi connectivity index (χ4v) is 4.44. The fraction of sp³-hybridized carbons (Fsp3) is 0.200. The lowest BCUT2D eigenvalue weighted by Crippen LogP contribution is -2.38. The van der Waals surface area contributed by atoms with Gasteiger partial charge >= 0.3 is 0 Å². The second-order valence-electron chi connectivity index (χ2n) is 7.58. The molecule has 4 rings (SSSR count). The Balaban J connectivity index is 1.52. The molecule has 0 aliphatic carbocycles. The number of non-ortho nitro benzene ring substituents is 1. The third-order valence-corrected chi connectivity index (χ3v) is 6.29. The number of carbonyl (C=O) groups excluding carboxylic acids is 2.